The van der Waals surface area contributed by atoms with Crippen molar-refractivity contribution in [1.82, 2.24) is 4.57 Å². The largest absolute Gasteiger partial charge is 0.342 e. The Morgan fingerprint density at radius 3 is 2.37 bits per heavy atom. The number of hydrogen-bond donors (Lipinski definition) is 1. The van der Waals surface area contributed by atoms with Crippen LogP contribution in [0, 0.1) is 5.92 Å². The summed E-state index contributed by atoms with van der Waals surface area (Å²) in [7, 11) is -3.23. The van der Waals surface area contributed by atoms with E-state index >= 15 is 0 Å². The van der Waals surface area contributed by atoms with Gasteiger partial charge in [0, 0.05) is 24.6 Å². The van der Waals surface area contributed by atoms with Gasteiger partial charge in [-0.3, -0.25) is 9.10 Å². The zero-order chi connectivity index (χ0) is 19.4. The van der Waals surface area contributed by atoms with E-state index in [0.29, 0.717) is 30.3 Å². The molecule has 1 fully saturated rings. The van der Waals surface area contributed by atoms with Crippen LogP contribution < -0.4 is 9.62 Å². The lowest BCUT2D eigenvalue weighted by Crippen LogP contribution is -2.37. The van der Waals surface area contributed by atoms with Gasteiger partial charge in [-0.2, -0.15) is 0 Å². The van der Waals surface area contributed by atoms with Crippen LogP contribution in [0.1, 0.15) is 39.2 Å². The van der Waals surface area contributed by atoms with Crippen molar-refractivity contribution < 1.29 is 13.2 Å². The Hall–Kier alpha value is -2.28. The molecule has 1 N–H and O–H groups in total. The van der Waals surface area contributed by atoms with Crippen molar-refractivity contribution >= 4 is 27.3 Å². The van der Waals surface area contributed by atoms with Gasteiger partial charge in [0.05, 0.1) is 11.4 Å². The van der Waals surface area contributed by atoms with Crippen molar-refractivity contribution in [1.29, 1.82) is 0 Å². The fraction of sp³-hybridized carbons (Fsp3) is 0.450. The summed E-state index contributed by atoms with van der Waals surface area (Å²) in [4.78, 5) is 12.8. The van der Waals surface area contributed by atoms with Crippen LogP contribution in [0.25, 0.3) is 0 Å². The number of rotatable bonds is 6. The molecule has 1 aliphatic heterocycles. The smallest absolute Gasteiger partial charge is 0.247 e. The summed E-state index contributed by atoms with van der Waals surface area (Å²) in [5, 5.41) is 2.96. The Kier molecular flexibility index (Phi) is 5.89. The van der Waals surface area contributed by atoms with E-state index < -0.39 is 10.0 Å². The number of carbonyl (C=O) groups excluding carboxylic acids is 1. The molecule has 1 aromatic heterocycles. The Bertz CT molecular complexity index is 858. The first-order chi connectivity index (χ1) is 12.9. The fourth-order valence-corrected chi connectivity index (χ4v) is 5.02. The second-order valence-corrected chi connectivity index (χ2v) is 9.42. The van der Waals surface area contributed by atoms with Gasteiger partial charge in [0.15, 0.2) is 0 Å². The zero-order valence-corrected chi connectivity index (χ0v) is 16.7. The van der Waals surface area contributed by atoms with Gasteiger partial charge in [0.2, 0.25) is 15.9 Å². The number of nitrogens with one attached hydrogen (secondary N) is 1. The first kappa shape index (κ1) is 19.5. The molecule has 146 valence electrons. The normalized spacial score (nSPS) is 17.7. The number of sulfonamides is 1. The minimum absolute atomic E-state index is 0.0711. The van der Waals surface area contributed by atoms with Crippen LogP contribution in [-0.4, -0.2) is 31.2 Å². The highest BCUT2D eigenvalue weighted by atomic mass is 32.2. The molecule has 0 radical (unpaired) electrons. The zero-order valence-electron chi connectivity index (χ0n) is 15.8. The Labute approximate surface area is 161 Å². The molecule has 1 aromatic carbocycles. The van der Waals surface area contributed by atoms with E-state index in [-0.39, 0.29) is 17.7 Å². The van der Waals surface area contributed by atoms with Crippen molar-refractivity contribution in [2.24, 2.45) is 5.92 Å². The molecule has 6 nitrogen and oxygen atoms in total. The van der Waals surface area contributed by atoms with Crippen molar-refractivity contribution in [2.75, 3.05) is 21.9 Å². The van der Waals surface area contributed by atoms with Crippen LogP contribution in [0.15, 0.2) is 48.8 Å². The highest BCUT2D eigenvalue weighted by molar-refractivity contribution is 7.92. The Morgan fingerprint density at radius 2 is 1.78 bits per heavy atom. The van der Waals surface area contributed by atoms with E-state index in [1.54, 1.807) is 24.3 Å². The molecule has 0 saturated carbocycles. The average Bonchev–Trinajstić information content (AvgIpc) is 3.14. The number of benzene rings is 1. The molecule has 0 unspecified atom stereocenters. The fourth-order valence-electron chi connectivity index (χ4n) is 3.38. The molecule has 0 spiro atoms. The molecule has 0 bridgehead atoms. The number of carbonyl (C=O) groups is 1. The van der Waals surface area contributed by atoms with Crippen molar-refractivity contribution in [2.45, 2.75) is 39.2 Å². The van der Waals surface area contributed by atoms with Crippen LogP contribution in [-0.2, 0) is 14.8 Å². The van der Waals surface area contributed by atoms with Gasteiger partial charge < -0.3 is 9.88 Å². The van der Waals surface area contributed by atoms with E-state index in [9.17, 15) is 13.2 Å². The first-order valence-corrected chi connectivity index (χ1v) is 11.0. The maximum Gasteiger partial charge on any atom is 0.247 e. The highest BCUT2D eigenvalue weighted by Crippen LogP contribution is 2.26. The summed E-state index contributed by atoms with van der Waals surface area (Å²) in [5.74, 6) is 0.507. The van der Waals surface area contributed by atoms with E-state index in [1.165, 1.54) is 4.31 Å². The monoisotopic (exact) mass is 389 g/mol. The van der Waals surface area contributed by atoms with Gasteiger partial charge in [0.1, 0.15) is 6.04 Å². The van der Waals surface area contributed by atoms with Gasteiger partial charge in [-0.1, -0.05) is 13.8 Å². The number of anilines is 2. The van der Waals surface area contributed by atoms with E-state index in [0.717, 1.165) is 12.8 Å². The highest BCUT2D eigenvalue weighted by Gasteiger charge is 2.26. The first-order valence-electron chi connectivity index (χ1n) is 9.40. The van der Waals surface area contributed by atoms with E-state index in [2.05, 4.69) is 19.2 Å². The lowest BCUT2D eigenvalue weighted by atomic mass is 10.0. The molecule has 7 heteroatoms. The molecular weight excluding hydrogens is 362 g/mol. The van der Waals surface area contributed by atoms with Crippen LogP contribution in [0.5, 0.6) is 0 Å². The predicted molar refractivity (Wildman–Crippen MR) is 108 cm³/mol. The van der Waals surface area contributed by atoms with Gasteiger partial charge in [-0.05, 0) is 61.6 Å². The van der Waals surface area contributed by atoms with Crippen LogP contribution in [0.2, 0.25) is 0 Å². The SMILES string of the molecule is CC(C)C[C@H](C(=O)Nc1ccc(N2CCCCS2(=O)=O)cc1)n1cccc1. The minimum atomic E-state index is -3.23. The molecule has 3 rings (SSSR count). The molecule has 1 atom stereocenters. The average molecular weight is 390 g/mol. The number of aromatic nitrogens is 1. The van der Waals surface area contributed by atoms with Crippen molar-refractivity contribution in [3.05, 3.63) is 48.8 Å². The predicted octanol–water partition coefficient (Wildman–Crippen LogP) is 3.64. The summed E-state index contributed by atoms with van der Waals surface area (Å²) in [6.45, 7) is 4.70. The van der Waals surface area contributed by atoms with Crippen LogP contribution in [0.3, 0.4) is 0 Å². The third-order valence-corrected chi connectivity index (χ3v) is 6.63. The number of hydrogen-bond acceptors (Lipinski definition) is 3. The van der Waals surface area contributed by atoms with Gasteiger partial charge in [-0.15, -0.1) is 0 Å². The maximum atomic E-state index is 12.8. The summed E-state index contributed by atoms with van der Waals surface area (Å²) in [5.41, 5.74) is 1.32. The molecule has 0 aliphatic carbocycles. The lowest BCUT2D eigenvalue weighted by Gasteiger charge is -2.28. The third kappa shape index (κ3) is 4.71. The number of nitrogens with zero attached hydrogens (tertiary/aromatic N) is 2. The molecule has 1 amide bonds. The van der Waals surface area contributed by atoms with Gasteiger partial charge in [-0.25, -0.2) is 8.42 Å². The lowest BCUT2D eigenvalue weighted by molar-refractivity contribution is -0.119. The topological polar surface area (TPSA) is 71.4 Å². The second-order valence-electron chi connectivity index (χ2n) is 7.41. The molecule has 1 aliphatic rings. The van der Waals surface area contributed by atoms with Crippen molar-refractivity contribution in [3.63, 3.8) is 0 Å². The molecular formula is C20H27N3O3S. The summed E-state index contributed by atoms with van der Waals surface area (Å²) in [6, 6.07) is 10.6. The van der Waals surface area contributed by atoms with Crippen LogP contribution >= 0.6 is 0 Å². The molecule has 1 saturated heterocycles. The summed E-state index contributed by atoms with van der Waals surface area (Å²) < 4.78 is 27.8. The Morgan fingerprint density at radius 1 is 1.11 bits per heavy atom. The van der Waals surface area contributed by atoms with E-state index in [1.807, 2.05) is 29.1 Å². The third-order valence-electron chi connectivity index (χ3n) is 4.76. The van der Waals surface area contributed by atoms with Crippen LogP contribution in [0.4, 0.5) is 11.4 Å². The molecule has 2 heterocycles. The Balaban J connectivity index is 1.72. The van der Waals surface area contributed by atoms with Gasteiger partial charge in [0.25, 0.3) is 0 Å². The molecule has 2 aromatic rings. The standard InChI is InChI=1S/C20H27N3O3S/c1-16(2)15-19(22-11-3-4-12-22)20(24)21-17-7-9-18(10-8-17)23-13-5-6-14-27(23,25)26/h3-4,7-12,16,19H,5-6,13-15H2,1-2H3,(H,21,24)/t19-/m1/s1. The van der Waals surface area contributed by atoms with Gasteiger partial charge >= 0.3 is 0 Å². The summed E-state index contributed by atoms with van der Waals surface area (Å²) >= 11 is 0. The quantitative estimate of drug-likeness (QED) is 0.820. The molecule has 27 heavy (non-hydrogen) atoms. The maximum absolute atomic E-state index is 12.8. The second kappa shape index (κ2) is 8.17. The summed E-state index contributed by atoms with van der Waals surface area (Å²) in [6.07, 6.45) is 6.12. The minimum Gasteiger partial charge on any atom is -0.342 e. The number of amides is 1. The van der Waals surface area contributed by atoms with Crippen molar-refractivity contribution in [3.8, 4) is 0 Å². The van der Waals surface area contributed by atoms with E-state index in [4.69, 9.17) is 0 Å².